The highest BCUT2D eigenvalue weighted by molar-refractivity contribution is 5.03. The summed E-state index contributed by atoms with van der Waals surface area (Å²) < 4.78 is 2.06. The van der Waals surface area contributed by atoms with Crippen LogP contribution in [0.25, 0.3) is 0 Å². The van der Waals surface area contributed by atoms with Gasteiger partial charge >= 0.3 is 0 Å². The average molecular weight is 221 g/mol. The van der Waals surface area contributed by atoms with E-state index in [0.29, 0.717) is 12.1 Å². The van der Waals surface area contributed by atoms with Gasteiger partial charge in [0.1, 0.15) is 0 Å². The average Bonchev–Trinajstić information content (AvgIpc) is 2.62. The SMILES string of the molecule is CCC(C)n1ccc(CC(N)C2CCC2)n1. The van der Waals surface area contributed by atoms with Crippen molar-refractivity contribution < 1.29 is 0 Å². The van der Waals surface area contributed by atoms with E-state index in [2.05, 4.69) is 35.9 Å². The van der Waals surface area contributed by atoms with Crippen molar-refractivity contribution in [1.82, 2.24) is 9.78 Å². The van der Waals surface area contributed by atoms with Gasteiger partial charge in [0, 0.05) is 24.7 Å². The van der Waals surface area contributed by atoms with E-state index in [1.807, 2.05) is 0 Å². The molecular formula is C13H23N3. The summed E-state index contributed by atoms with van der Waals surface area (Å²) >= 11 is 0. The molecule has 2 N–H and O–H groups in total. The predicted octanol–water partition coefficient (Wildman–Crippen LogP) is 2.52. The summed E-state index contributed by atoms with van der Waals surface area (Å²) in [7, 11) is 0. The van der Waals surface area contributed by atoms with Crippen LogP contribution in [0.3, 0.4) is 0 Å². The summed E-state index contributed by atoms with van der Waals surface area (Å²) in [6, 6.07) is 2.92. The number of aromatic nitrogens is 2. The zero-order chi connectivity index (χ0) is 11.5. The zero-order valence-electron chi connectivity index (χ0n) is 10.4. The molecule has 0 radical (unpaired) electrons. The molecule has 1 heterocycles. The minimum absolute atomic E-state index is 0.314. The summed E-state index contributed by atoms with van der Waals surface area (Å²) in [6.45, 7) is 4.38. The molecule has 90 valence electrons. The maximum absolute atomic E-state index is 6.18. The van der Waals surface area contributed by atoms with Crippen LogP contribution in [-0.4, -0.2) is 15.8 Å². The molecule has 1 aliphatic carbocycles. The van der Waals surface area contributed by atoms with Crippen molar-refractivity contribution in [3.05, 3.63) is 18.0 Å². The predicted molar refractivity (Wildman–Crippen MR) is 66.2 cm³/mol. The molecule has 2 unspecified atom stereocenters. The van der Waals surface area contributed by atoms with Gasteiger partial charge in [-0.05, 0) is 38.2 Å². The van der Waals surface area contributed by atoms with Gasteiger partial charge in [-0.1, -0.05) is 13.3 Å². The first-order chi connectivity index (χ1) is 7.70. The Labute approximate surface area is 98.0 Å². The van der Waals surface area contributed by atoms with Gasteiger partial charge in [-0.3, -0.25) is 4.68 Å². The number of rotatable bonds is 5. The number of nitrogens with two attached hydrogens (primary N) is 1. The van der Waals surface area contributed by atoms with E-state index in [1.54, 1.807) is 0 Å². The molecule has 3 nitrogen and oxygen atoms in total. The lowest BCUT2D eigenvalue weighted by atomic mass is 9.78. The van der Waals surface area contributed by atoms with Crippen molar-refractivity contribution in [3.8, 4) is 0 Å². The van der Waals surface area contributed by atoms with Crippen molar-refractivity contribution in [1.29, 1.82) is 0 Å². The minimum atomic E-state index is 0.314. The fourth-order valence-corrected chi connectivity index (χ4v) is 2.19. The second-order valence-electron chi connectivity index (χ2n) is 5.10. The van der Waals surface area contributed by atoms with Gasteiger partial charge in [0.2, 0.25) is 0 Å². The van der Waals surface area contributed by atoms with E-state index in [4.69, 9.17) is 5.73 Å². The fourth-order valence-electron chi connectivity index (χ4n) is 2.19. The zero-order valence-corrected chi connectivity index (χ0v) is 10.4. The molecule has 1 aromatic rings. The summed E-state index contributed by atoms with van der Waals surface area (Å²) in [4.78, 5) is 0. The maximum Gasteiger partial charge on any atom is 0.0640 e. The molecule has 2 rings (SSSR count). The molecule has 0 spiro atoms. The first-order valence-electron chi connectivity index (χ1n) is 6.50. The highest BCUT2D eigenvalue weighted by atomic mass is 15.3. The number of hydrogen-bond donors (Lipinski definition) is 1. The number of hydrogen-bond acceptors (Lipinski definition) is 2. The Morgan fingerprint density at radius 2 is 2.31 bits per heavy atom. The van der Waals surface area contributed by atoms with E-state index in [0.717, 1.165) is 24.5 Å². The van der Waals surface area contributed by atoms with E-state index in [9.17, 15) is 0 Å². The van der Waals surface area contributed by atoms with Crippen molar-refractivity contribution >= 4 is 0 Å². The van der Waals surface area contributed by atoms with Gasteiger partial charge in [-0.15, -0.1) is 0 Å². The molecule has 16 heavy (non-hydrogen) atoms. The second kappa shape index (κ2) is 5.00. The van der Waals surface area contributed by atoms with Crippen LogP contribution in [0.4, 0.5) is 0 Å². The molecule has 1 saturated carbocycles. The van der Waals surface area contributed by atoms with Crippen molar-refractivity contribution in [3.63, 3.8) is 0 Å². The molecule has 0 aliphatic heterocycles. The Kier molecular flexibility index (Phi) is 3.64. The molecule has 3 heteroatoms. The van der Waals surface area contributed by atoms with Crippen molar-refractivity contribution in [2.24, 2.45) is 11.7 Å². The van der Waals surface area contributed by atoms with E-state index in [1.165, 1.54) is 19.3 Å². The van der Waals surface area contributed by atoms with Crippen molar-refractivity contribution in [2.45, 2.75) is 58.0 Å². The van der Waals surface area contributed by atoms with Crippen LogP contribution in [0, 0.1) is 5.92 Å². The van der Waals surface area contributed by atoms with Crippen LogP contribution >= 0.6 is 0 Å². The largest absolute Gasteiger partial charge is 0.327 e. The monoisotopic (exact) mass is 221 g/mol. The summed E-state index contributed by atoms with van der Waals surface area (Å²) in [5, 5.41) is 4.60. The van der Waals surface area contributed by atoms with Gasteiger partial charge in [0.15, 0.2) is 0 Å². The molecular weight excluding hydrogens is 198 g/mol. The lowest BCUT2D eigenvalue weighted by Crippen LogP contribution is -2.36. The fraction of sp³-hybridized carbons (Fsp3) is 0.769. The van der Waals surface area contributed by atoms with Crippen LogP contribution in [-0.2, 0) is 6.42 Å². The topological polar surface area (TPSA) is 43.8 Å². The third-order valence-corrected chi connectivity index (χ3v) is 3.91. The molecule has 0 bridgehead atoms. The summed E-state index contributed by atoms with van der Waals surface area (Å²) in [5.41, 5.74) is 7.33. The first kappa shape index (κ1) is 11.6. The highest BCUT2D eigenvalue weighted by Gasteiger charge is 2.24. The molecule has 1 fully saturated rings. The third-order valence-electron chi connectivity index (χ3n) is 3.91. The second-order valence-corrected chi connectivity index (χ2v) is 5.10. The van der Waals surface area contributed by atoms with Crippen LogP contribution in [0.1, 0.15) is 51.3 Å². The Hall–Kier alpha value is -0.830. The van der Waals surface area contributed by atoms with Crippen LogP contribution in [0.2, 0.25) is 0 Å². The van der Waals surface area contributed by atoms with Crippen molar-refractivity contribution in [2.75, 3.05) is 0 Å². The maximum atomic E-state index is 6.18. The Bertz CT molecular complexity index is 328. The van der Waals surface area contributed by atoms with Gasteiger partial charge in [0.05, 0.1) is 5.69 Å². The summed E-state index contributed by atoms with van der Waals surface area (Å²) in [5.74, 6) is 0.744. The van der Waals surface area contributed by atoms with Gasteiger partial charge in [0.25, 0.3) is 0 Å². The minimum Gasteiger partial charge on any atom is -0.327 e. The molecule has 0 amide bonds. The lowest BCUT2D eigenvalue weighted by Gasteiger charge is -2.30. The molecule has 0 saturated heterocycles. The van der Waals surface area contributed by atoms with Crippen LogP contribution < -0.4 is 5.73 Å². The highest BCUT2D eigenvalue weighted by Crippen LogP contribution is 2.29. The molecule has 1 aromatic heterocycles. The summed E-state index contributed by atoms with van der Waals surface area (Å²) in [6.07, 6.45) is 8.13. The van der Waals surface area contributed by atoms with Gasteiger partial charge < -0.3 is 5.73 Å². The Morgan fingerprint density at radius 3 is 2.88 bits per heavy atom. The third kappa shape index (κ3) is 2.46. The molecule has 2 atom stereocenters. The van der Waals surface area contributed by atoms with Gasteiger partial charge in [-0.25, -0.2) is 0 Å². The van der Waals surface area contributed by atoms with Crippen LogP contribution in [0.15, 0.2) is 12.3 Å². The molecule has 1 aliphatic rings. The van der Waals surface area contributed by atoms with Crippen LogP contribution in [0.5, 0.6) is 0 Å². The molecule has 0 aromatic carbocycles. The normalized spacial score (nSPS) is 20.4. The van der Waals surface area contributed by atoms with E-state index in [-0.39, 0.29) is 0 Å². The Morgan fingerprint density at radius 1 is 1.56 bits per heavy atom. The Balaban J connectivity index is 1.91. The van der Waals surface area contributed by atoms with Gasteiger partial charge in [-0.2, -0.15) is 5.10 Å². The smallest absolute Gasteiger partial charge is 0.0640 e. The van der Waals surface area contributed by atoms with E-state index >= 15 is 0 Å². The standard InChI is InChI=1S/C13H23N3/c1-3-10(2)16-8-7-12(15-16)9-13(14)11-5-4-6-11/h7-8,10-11,13H,3-6,9,14H2,1-2H3. The number of nitrogens with zero attached hydrogens (tertiary/aromatic N) is 2. The first-order valence-corrected chi connectivity index (χ1v) is 6.50. The quantitative estimate of drug-likeness (QED) is 0.830. The lowest BCUT2D eigenvalue weighted by molar-refractivity contribution is 0.259. The van der Waals surface area contributed by atoms with E-state index < -0.39 is 0 Å².